The van der Waals surface area contributed by atoms with Crippen LogP contribution in [0.4, 0.5) is 9.52 Å². The number of esters is 1. The number of benzene rings is 1. The minimum atomic E-state index is -0.404. The largest absolute Gasteiger partial charge is 0.462 e. The van der Waals surface area contributed by atoms with Gasteiger partial charge in [0.25, 0.3) is 0 Å². The van der Waals surface area contributed by atoms with Crippen molar-refractivity contribution in [3.05, 3.63) is 46.2 Å². The number of hydrogen-bond acceptors (Lipinski definition) is 6. The van der Waals surface area contributed by atoms with Gasteiger partial charge in [0.05, 0.1) is 18.5 Å². The van der Waals surface area contributed by atoms with Gasteiger partial charge in [0.15, 0.2) is 0 Å². The van der Waals surface area contributed by atoms with Gasteiger partial charge in [-0.15, -0.1) is 0 Å². The molecule has 0 fully saturated rings. The Hall–Kier alpha value is -2.28. The van der Waals surface area contributed by atoms with Crippen molar-refractivity contribution in [1.29, 1.82) is 0 Å². The van der Waals surface area contributed by atoms with Gasteiger partial charge in [-0.3, -0.25) is 5.43 Å². The molecule has 1 heterocycles. The van der Waals surface area contributed by atoms with Crippen LogP contribution < -0.4 is 5.43 Å². The molecule has 7 heteroatoms. The van der Waals surface area contributed by atoms with Gasteiger partial charge < -0.3 is 4.74 Å². The second-order valence-corrected chi connectivity index (χ2v) is 5.04. The highest BCUT2D eigenvalue weighted by Crippen LogP contribution is 2.23. The number of anilines is 1. The summed E-state index contributed by atoms with van der Waals surface area (Å²) in [5.74, 6) is -0.760. The Balaban J connectivity index is 2.06. The Bertz CT molecular complexity index is 670. The molecule has 0 amide bonds. The summed E-state index contributed by atoms with van der Waals surface area (Å²) in [6, 6.07) is 6.29. The molecule has 0 saturated heterocycles. The average Bonchev–Trinajstić information content (AvgIpc) is 2.82. The molecule has 0 spiro atoms. The van der Waals surface area contributed by atoms with Crippen LogP contribution in [0.3, 0.4) is 0 Å². The molecular weight excluding hydrogens is 293 g/mol. The Morgan fingerprint density at radius 1 is 1.52 bits per heavy atom. The minimum Gasteiger partial charge on any atom is -0.462 e. The zero-order valence-corrected chi connectivity index (χ0v) is 12.4. The van der Waals surface area contributed by atoms with Crippen LogP contribution in [0.1, 0.15) is 27.9 Å². The Morgan fingerprint density at radius 3 is 3.00 bits per heavy atom. The van der Waals surface area contributed by atoms with Gasteiger partial charge in [-0.25, -0.2) is 14.2 Å². The molecule has 0 unspecified atom stereocenters. The van der Waals surface area contributed by atoms with Crippen molar-refractivity contribution in [2.24, 2.45) is 5.10 Å². The van der Waals surface area contributed by atoms with Gasteiger partial charge in [0.2, 0.25) is 5.13 Å². The molecule has 0 radical (unpaired) electrons. The van der Waals surface area contributed by atoms with Crippen LogP contribution in [0, 0.1) is 12.7 Å². The third-order valence-corrected chi connectivity index (χ3v) is 3.57. The summed E-state index contributed by atoms with van der Waals surface area (Å²) < 4.78 is 18.3. The van der Waals surface area contributed by atoms with E-state index in [0.717, 1.165) is 11.3 Å². The van der Waals surface area contributed by atoms with Gasteiger partial charge in [0.1, 0.15) is 10.7 Å². The van der Waals surface area contributed by atoms with E-state index < -0.39 is 5.97 Å². The van der Waals surface area contributed by atoms with Crippen molar-refractivity contribution in [1.82, 2.24) is 4.98 Å². The van der Waals surface area contributed by atoms with E-state index in [2.05, 4.69) is 15.5 Å². The highest BCUT2D eigenvalue weighted by Gasteiger charge is 2.15. The Morgan fingerprint density at radius 2 is 2.29 bits per heavy atom. The van der Waals surface area contributed by atoms with Crippen molar-refractivity contribution in [2.75, 3.05) is 12.0 Å². The number of nitrogens with zero attached hydrogens (tertiary/aromatic N) is 2. The standard InChI is InChI=1S/C14H14FN3O2S/c1-3-20-13(19)12-9(2)17-14(21-12)18-16-8-10-6-4-5-7-11(10)15/h4-8H,3H2,1-2H3,(H,17,18)/b16-8-. The first kappa shape index (κ1) is 15.1. The summed E-state index contributed by atoms with van der Waals surface area (Å²) in [5.41, 5.74) is 3.62. The van der Waals surface area contributed by atoms with E-state index in [-0.39, 0.29) is 5.82 Å². The number of carbonyl (C=O) groups excluding carboxylic acids is 1. The van der Waals surface area contributed by atoms with Gasteiger partial charge in [-0.05, 0) is 19.9 Å². The highest BCUT2D eigenvalue weighted by molar-refractivity contribution is 7.17. The molecule has 0 aliphatic heterocycles. The molecule has 110 valence electrons. The smallest absolute Gasteiger partial charge is 0.350 e. The quantitative estimate of drug-likeness (QED) is 0.523. The lowest BCUT2D eigenvalue weighted by atomic mass is 10.2. The van der Waals surface area contributed by atoms with Crippen LogP contribution in [-0.4, -0.2) is 23.8 Å². The van der Waals surface area contributed by atoms with Gasteiger partial charge in [-0.2, -0.15) is 5.10 Å². The SMILES string of the molecule is CCOC(=O)c1sc(N/N=C\c2ccccc2F)nc1C. The lowest BCUT2D eigenvalue weighted by Gasteiger charge is -1.97. The van der Waals surface area contributed by atoms with E-state index in [1.165, 1.54) is 12.3 Å². The van der Waals surface area contributed by atoms with Crippen molar-refractivity contribution >= 4 is 28.7 Å². The molecular formula is C14H14FN3O2S. The number of ether oxygens (including phenoxy) is 1. The summed E-state index contributed by atoms with van der Waals surface area (Å²) in [5, 5.41) is 4.36. The van der Waals surface area contributed by atoms with Crippen molar-refractivity contribution < 1.29 is 13.9 Å². The summed E-state index contributed by atoms with van der Waals surface area (Å²) in [6.07, 6.45) is 1.36. The molecule has 2 aromatic rings. The van der Waals surface area contributed by atoms with Gasteiger partial charge >= 0.3 is 5.97 Å². The van der Waals surface area contributed by atoms with Gasteiger partial charge in [0, 0.05) is 5.56 Å². The minimum absolute atomic E-state index is 0.310. The number of aromatic nitrogens is 1. The second-order valence-electron chi connectivity index (χ2n) is 4.05. The molecule has 1 N–H and O–H groups in total. The van der Waals surface area contributed by atoms with Crippen LogP contribution in [-0.2, 0) is 4.74 Å². The Labute approximate surface area is 125 Å². The predicted octanol–water partition coefficient (Wildman–Crippen LogP) is 3.21. The number of carbonyl (C=O) groups is 1. The third-order valence-electron chi connectivity index (χ3n) is 2.53. The fourth-order valence-corrected chi connectivity index (χ4v) is 2.38. The first-order chi connectivity index (χ1) is 10.1. The fourth-order valence-electron chi connectivity index (χ4n) is 1.57. The number of rotatable bonds is 5. The first-order valence-corrected chi connectivity index (χ1v) is 7.11. The molecule has 0 bridgehead atoms. The van der Waals surface area contributed by atoms with Crippen LogP contribution >= 0.6 is 11.3 Å². The van der Waals surface area contributed by atoms with Crippen molar-refractivity contribution in [3.63, 3.8) is 0 Å². The van der Waals surface area contributed by atoms with Crippen molar-refractivity contribution in [3.8, 4) is 0 Å². The third kappa shape index (κ3) is 3.85. The van der Waals surface area contributed by atoms with E-state index >= 15 is 0 Å². The molecule has 0 aliphatic rings. The number of nitrogens with one attached hydrogen (secondary N) is 1. The second kappa shape index (κ2) is 6.94. The summed E-state index contributed by atoms with van der Waals surface area (Å²) in [6.45, 7) is 3.77. The van der Waals surface area contributed by atoms with Crippen LogP contribution in [0.15, 0.2) is 29.4 Å². The molecule has 1 aromatic carbocycles. The van der Waals surface area contributed by atoms with Crippen LogP contribution in [0.5, 0.6) is 0 Å². The van der Waals surface area contributed by atoms with Crippen molar-refractivity contribution in [2.45, 2.75) is 13.8 Å². The Kier molecular flexibility index (Phi) is 4.99. The number of hydrazone groups is 1. The number of hydrogen-bond donors (Lipinski definition) is 1. The molecule has 0 saturated carbocycles. The van der Waals surface area contributed by atoms with E-state index in [1.807, 2.05) is 0 Å². The summed E-state index contributed by atoms with van der Waals surface area (Å²) >= 11 is 1.14. The zero-order valence-electron chi connectivity index (χ0n) is 11.6. The fraction of sp³-hybridized carbons (Fsp3) is 0.214. The maximum atomic E-state index is 13.4. The molecule has 5 nitrogen and oxygen atoms in total. The van der Waals surface area contributed by atoms with E-state index in [1.54, 1.807) is 32.0 Å². The predicted molar refractivity (Wildman–Crippen MR) is 80.4 cm³/mol. The van der Waals surface area contributed by atoms with Crippen LogP contribution in [0.2, 0.25) is 0 Å². The topological polar surface area (TPSA) is 63.6 Å². The average molecular weight is 307 g/mol. The van der Waals surface area contributed by atoms with E-state index in [0.29, 0.717) is 27.9 Å². The summed E-state index contributed by atoms with van der Waals surface area (Å²) in [4.78, 5) is 16.2. The normalized spacial score (nSPS) is 10.8. The lowest BCUT2D eigenvalue weighted by molar-refractivity contribution is 0.0531. The maximum absolute atomic E-state index is 13.4. The lowest BCUT2D eigenvalue weighted by Crippen LogP contribution is -2.03. The maximum Gasteiger partial charge on any atom is 0.350 e. The highest BCUT2D eigenvalue weighted by atomic mass is 32.1. The number of thiazole rings is 1. The monoisotopic (exact) mass is 307 g/mol. The summed E-state index contributed by atoms with van der Waals surface area (Å²) in [7, 11) is 0. The van der Waals surface area contributed by atoms with Gasteiger partial charge in [-0.1, -0.05) is 29.5 Å². The molecule has 21 heavy (non-hydrogen) atoms. The molecule has 0 aliphatic carbocycles. The zero-order chi connectivity index (χ0) is 15.2. The van der Waals surface area contributed by atoms with E-state index in [9.17, 15) is 9.18 Å². The first-order valence-electron chi connectivity index (χ1n) is 6.30. The van der Waals surface area contributed by atoms with Crippen LogP contribution in [0.25, 0.3) is 0 Å². The van der Waals surface area contributed by atoms with E-state index in [4.69, 9.17) is 4.74 Å². The molecule has 2 rings (SSSR count). The number of halogens is 1. The number of aryl methyl sites for hydroxylation is 1. The molecule has 0 atom stereocenters. The molecule has 1 aromatic heterocycles.